The van der Waals surface area contributed by atoms with Crippen LogP contribution in [0.15, 0.2) is 47.5 Å². The fraction of sp³-hybridized carbons (Fsp3) is 0.278. The van der Waals surface area contributed by atoms with Crippen LogP contribution in [-0.4, -0.2) is 20.6 Å². The highest BCUT2D eigenvalue weighted by atomic mass is 16.5. The van der Waals surface area contributed by atoms with Gasteiger partial charge in [-0.15, -0.1) is 0 Å². The van der Waals surface area contributed by atoms with Crippen LogP contribution in [0.3, 0.4) is 0 Å². The van der Waals surface area contributed by atoms with Crippen molar-refractivity contribution in [3.63, 3.8) is 0 Å². The van der Waals surface area contributed by atoms with E-state index in [1.54, 1.807) is 19.4 Å². The second-order valence-corrected chi connectivity index (χ2v) is 5.67. The van der Waals surface area contributed by atoms with Crippen LogP contribution in [0.2, 0.25) is 0 Å². The molecule has 2 heterocycles. The van der Waals surface area contributed by atoms with Gasteiger partial charge in [-0.3, -0.25) is 4.79 Å². The molecule has 0 spiro atoms. The van der Waals surface area contributed by atoms with Crippen LogP contribution < -0.4 is 5.32 Å². The Morgan fingerprint density at radius 1 is 1.33 bits per heavy atom. The average molecular weight is 324 g/mol. The molecule has 1 amide bonds. The molecule has 0 aliphatic rings. The second kappa shape index (κ2) is 6.70. The van der Waals surface area contributed by atoms with E-state index in [-0.39, 0.29) is 11.9 Å². The maximum absolute atomic E-state index is 12.5. The fourth-order valence-corrected chi connectivity index (χ4v) is 2.65. The van der Waals surface area contributed by atoms with Crippen LogP contribution >= 0.6 is 0 Å². The summed E-state index contributed by atoms with van der Waals surface area (Å²) in [6, 6.07) is 7.89. The normalized spacial score (nSPS) is 12.1. The van der Waals surface area contributed by atoms with E-state index in [2.05, 4.69) is 15.5 Å². The summed E-state index contributed by atoms with van der Waals surface area (Å²) in [7, 11) is 0. The monoisotopic (exact) mass is 324 g/mol. The number of carbonyl (C=O) groups is 1. The summed E-state index contributed by atoms with van der Waals surface area (Å²) in [5.74, 6) is 0.392. The fourth-order valence-electron chi connectivity index (χ4n) is 2.65. The molecule has 0 saturated heterocycles. The summed E-state index contributed by atoms with van der Waals surface area (Å²) in [6.45, 7) is 5.66. The number of nitrogens with zero attached hydrogens (tertiary/aromatic N) is 3. The van der Waals surface area contributed by atoms with Crippen LogP contribution in [0.5, 0.6) is 0 Å². The molecule has 0 unspecified atom stereocenters. The van der Waals surface area contributed by atoms with Gasteiger partial charge in [0.1, 0.15) is 11.3 Å². The molecule has 3 aromatic rings. The maximum atomic E-state index is 12.5. The van der Waals surface area contributed by atoms with E-state index in [0.717, 1.165) is 11.3 Å². The Morgan fingerprint density at radius 3 is 2.71 bits per heavy atom. The summed E-state index contributed by atoms with van der Waals surface area (Å²) in [6.07, 6.45) is 6.04. The number of aryl methyl sites for hydroxylation is 2. The third-order valence-electron chi connectivity index (χ3n) is 4.04. The molecule has 2 aromatic heterocycles. The molecule has 1 atom stereocenters. The molecule has 3 rings (SSSR count). The van der Waals surface area contributed by atoms with Gasteiger partial charge in [0.15, 0.2) is 0 Å². The van der Waals surface area contributed by atoms with Crippen LogP contribution in [0.1, 0.15) is 47.3 Å². The molecule has 0 aliphatic carbocycles. The minimum Gasteiger partial charge on any atom is -0.361 e. The first-order valence-corrected chi connectivity index (χ1v) is 7.94. The SMILES string of the molecule is CCc1noc(C)c1C(=O)N[C@@H](C)c1ccc(-n2ccnc2)cc1. The summed E-state index contributed by atoms with van der Waals surface area (Å²) >= 11 is 0. The molecule has 6 nitrogen and oxygen atoms in total. The van der Waals surface area contributed by atoms with Gasteiger partial charge in [0.25, 0.3) is 5.91 Å². The lowest BCUT2D eigenvalue weighted by Gasteiger charge is -2.15. The lowest BCUT2D eigenvalue weighted by molar-refractivity contribution is 0.0937. The number of imidazole rings is 1. The van der Waals surface area contributed by atoms with Crippen LogP contribution in [0, 0.1) is 6.92 Å². The van der Waals surface area contributed by atoms with Crippen molar-refractivity contribution in [1.29, 1.82) is 0 Å². The first-order chi connectivity index (χ1) is 11.6. The molecule has 1 N–H and O–H groups in total. The number of benzene rings is 1. The Morgan fingerprint density at radius 2 is 2.08 bits per heavy atom. The van der Waals surface area contributed by atoms with Crippen LogP contribution in [-0.2, 0) is 6.42 Å². The standard InChI is InChI=1S/C18H20N4O2/c1-4-16-17(13(3)24-21-16)18(23)20-12(2)14-5-7-15(8-6-14)22-10-9-19-11-22/h5-12H,4H2,1-3H3,(H,20,23)/t12-/m0/s1. The molecule has 6 heteroatoms. The molecule has 0 radical (unpaired) electrons. The molecular formula is C18H20N4O2. The van der Waals surface area contributed by atoms with Crippen molar-refractivity contribution in [3.05, 3.63) is 65.6 Å². The predicted molar refractivity (Wildman–Crippen MR) is 90.1 cm³/mol. The molecule has 0 aliphatic heterocycles. The maximum Gasteiger partial charge on any atom is 0.257 e. The van der Waals surface area contributed by atoms with Crippen molar-refractivity contribution < 1.29 is 9.32 Å². The quantitative estimate of drug-likeness (QED) is 0.782. The van der Waals surface area contributed by atoms with Gasteiger partial charge in [0.05, 0.1) is 18.1 Å². The summed E-state index contributed by atoms with van der Waals surface area (Å²) in [5.41, 5.74) is 3.28. The zero-order chi connectivity index (χ0) is 17.1. The number of hydrogen-bond acceptors (Lipinski definition) is 4. The number of carbonyl (C=O) groups excluding carboxylic acids is 1. The third kappa shape index (κ3) is 3.08. The lowest BCUT2D eigenvalue weighted by atomic mass is 10.1. The highest BCUT2D eigenvalue weighted by Crippen LogP contribution is 2.19. The van der Waals surface area contributed by atoms with E-state index < -0.39 is 0 Å². The zero-order valence-corrected chi connectivity index (χ0v) is 14.0. The number of aromatic nitrogens is 3. The molecular weight excluding hydrogens is 304 g/mol. The molecule has 124 valence electrons. The predicted octanol–water partition coefficient (Wildman–Crippen LogP) is 3.22. The minimum atomic E-state index is -0.156. The molecule has 0 saturated carbocycles. The van der Waals surface area contributed by atoms with Crippen LogP contribution in [0.25, 0.3) is 5.69 Å². The first kappa shape index (κ1) is 16.0. The highest BCUT2D eigenvalue weighted by Gasteiger charge is 2.20. The van der Waals surface area contributed by atoms with Gasteiger partial charge >= 0.3 is 0 Å². The van der Waals surface area contributed by atoms with Crippen molar-refractivity contribution in [1.82, 2.24) is 20.0 Å². The Labute approximate surface area is 140 Å². The van der Waals surface area contributed by atoms with Crippen molar-refractivity contribution in [3.8, 4) is 5.69 Å². The molecule has 24 heavy (non-hydrogen) atoms. The van der Waals surface area contributed by atoms with E-state index in [0.29, 0.717) is 23.4 Å². The Bertz CT molecular complexity index is 819. The highest BCUT2D eigenvalue weighted by molar-refractivity contribution is 5.96. The number of rotatable bonds is 5. The van der Waals surface area contributed by atoms with Gasteiger partial charge in [0.2, 0.25) is 0 Å². The van der Waals surface area contributed by atoms with Crippen molar-refractivity contribution in [2.24, 2.45) is 0 Å². The van der Waals surface area contributed by atoms with Gasteiger partial charge < -0.3 is 14.4 Å². The Kier molecular flexibility index (Phi) is 4.46. The largest absolute Gasteiger partial charge is 0.361 e. The summed E-state index contributed by atoms with van der Waals surface area (Å²) < 4.78 is 7.06. The Balaban J connectivity index is 1.73. The summed E-state index contributed by atoms with van der Waals surface area (Å²) in [5, 5.41) is 6.94. The second-order valence-electron chi connectivity index (χ2n) is 5.67. The first-order valence-electron chi connectivity index (χ1n) is 7.94. The lowest BCUT2D eigenvalue weighted by Crippen LogP contribution is -2.27. The minimum absolute atomic E-state index is 0.117. The van der Waals surface area contributed by atoms with Gasteiger partial charge in [-0.2, -0.15) is 0 Å². The van der Waals surface area contributed by atoms with E-state index in [1.807, 2.05) is 48.9 Å². The van der Waals surface area contributed by atoms with Gasteiger partial charge in [-0.1, -0.05) is 24.2 Å². The average Bonchev–Trinajstić information content (AvgIpc) is 3.24. The number of nitrogens with one attached hydrogen (secondary N) is 1. The van der Waals surface area contributed by atoms with Crippen molar-refractivity contribution in [2.45, 2.75) is 33.2 Å². The number of hydrogen-bond donors (Lipinski definition) is 1. The van der Waals surface area contributed by atoms with Gasteiger partial charge in [0, 0.05) is 18.1 Å². The number of amides is 1. The summed E-state index contributed by atoms with van der Waals surface area (Å²) in [4.78, 5) is 16.6. The third-order valence-corrected chi connectivity index (χ3v) is 4.04. The molecule has 1 aromatic carbocycles. The van der Waals surface area contributed by atoms with E-state index >= 15 is 0 Å². The van der Waals surface area contributed by atoms with Gasteiger partial charge in [-0.25, -0.2) is 4.98 Å². The topological polar surface area (TPSA) is 73.0 Å². The van der Waals surface area contributed by atoms with Crippen molar-refractivity contribution in [2.75, 3.05) is 0 Å². The zero-order valence-electron chi connectivity index (χ0n) is 14.0. The molecule has 0 bridgehead atoms. The van der Waals surface area contributed by atoms with Gasteiger partial charge in [-0.05, 0) is 38.0 Å². The van der Waals surface area contributed by atoms with Crippen molar-refractivity contribution >= 4 is 5.91 Å². The van der Waals surface area contributed by atoms with E-state index in [4.69, 9.17) is 4.52 Å². The molecule has 0 fully saturated rings. The van der Waals surface area contributed by atoms with Crippen LogP contribution in [0.4, 0.5) is 0 Å². The smallest absolute Gasteiger partial charge is 0.257 e. The van der Waals surface area contributed by atoms with E-state index in [9.17, 15) is 4.79 Å². The van der Waals surface area contributed by atoms with E-state index in [1.165, 1.54) is 0 Å². The Hall–Kier alpha value is -2.89.